The molecule has 0 radical (unpaired) electrons. The molecule has 3 rings (SSSR count). The van der Waals surface area contributed by atoms with E-state index in [0.29, 0.717) is 0 Å². The number of rotatable bonds is 8. The second-order valence-electron chi connectivity index (χ2n) is 6.41. The van der Waals surface area contributed by atoms with Gasteiger partial charge in [-0.1, -0.05) is 36.4 Å². The van der Waals surface area contributed by atoms with Gasteiger partial charge in [0, 0.05) is 6.54 Å². The van der Waals surface area contributed by atoms with E-state index in [9.17, 15) is 0 Å². The van der Waals surface area contributed by atoms with E-state index >= 15 is 0 Å². The van der Waals surface area contributed by atoms with Crippen LogP contribution in [0.1, 0.15) is 6.42 Å². The molecule has 26 heavy (non-hydrogen) atoms. The van der Waals surface area contributed by atoms with Crippen LogP contribution >= 0.6 is 0 Å². The van der Waals surface area contributed by atoms with Crippen molar-refractivity contribution in [2.45, 2.75) is 21.1 Å². The Balaban J connectivity index is 1.77. The van der Waals surface area contributed by atoms with Crippen molar-refractivity contribution in [1.29, 1.82) is 0 Å². The van der Waals surface area contributed by atoms with E-state index in [4.69, 9.17) is 4.74 Å². The summed E-state index contributed by atoms with van der Waals surface area (Å²) in [6, 6.07) is 30.0. The molecule has 0 fully saturated rings. The maximum Gasteiger partial charge on any atom is 0.166 e. The zero-order chi connectivity index (χ0) is 18.2. The predicted molar refractivity (Wildman–Crippen MR) is 110 cm³/mol. The van der Waals surface area contributed by atoms with Crippen LogP contribution in [0.4, 0.5) is 0 Å². The number of hydrogen-bond donors (Lipinski definition) is 0. The van der Waals surface area contributed by atoms with Crippen LogP contribution in [-0.4, -0.2) is 32.1 Å². The SMILES string of the molecule is CN(C)CCCOc1ccc([S+](c2ccccc2)c2ccccc2)cc1. The normalized spacial score (nSPS) is 11.1. The summed E-state index contributed by atoms with van der Waals surface area (Å²) in [6.45, 7) is 1.80. The van der Waals surface area contributed by atoms with Crippen molar-refractivity contribution in [1.82, 2.24) is 4.90 Å². The number of nitrogens with zero attached hydrogens (tertiary/aromatic N) is 1. The molecule has 134 valence electrons. The van der Waals surface area contributed by atoms with Gasteiger partial charge >= 0.3 is 0 Å². The Morgan fingerprint density at radius 1 is 0.692 bits per heavy atom. The Morgan fingerprint density at radius 2 is 1.19 bits per heavy atom. The van der Waals surface area contributed by atoms with Crippen LogP contribution in [0.5, 0.6) is 5.75 Å². The van der Waals surface area contributed by atoms with Gasteiger partial charge in [-0.25, -0.2) is 0 Å². The smallest absolute Gasteiger partial charge is 0.166 e. The van der Waals surface area contributed by atoms with Gasteiger partial charge in [-0.3, -0.25) is 0 Å². The first kappa shape index (κ1) is 18.6. The zero-order valence-corrected chi connectivity index (χ0v) is 16.3. The third-order valence-corrected chi connectivity index (χ3v) is 6.27. The lowest BCUT2D eigenvalue weighted by atomic mass is 10.3. The quantitative estimate of drug-likeness (QED) is 0.407. The molecular weight excluding hydrogens is 338 g/mol. The molecule has 3 aromatic rings. The Hall–Kier alpha value is -2.23. The fourth-order valence-electron chi connectivity index (χ4n) is 2.76. The van der Waals surface area contributed by atoms with Crippen LogP contribution in [0.25, 0.3) is 0 Å². The summed E-state index contributed by atoms with van der Waals surface area (Å²) in [6.07, 6.45) is 1.03. The first-order chi connectivity index (χ1) is 12.7. The standard InChI is InChI=1S/C23H26NOS/c1-24(2)18-9-19-25-20-14-16-23(17-15-20)26(21-10-5-3-6-11-21)22-12-7-4-8-13-22/h3-8,10-17H,9,18-19H2,1-2H3/q+1. The van der Waals surface area contributed by atoms with Gasteiger partial charge in [0.1, 0.15) is 5.75 Å². The first-order valence-corrected chi connectivity index (χ1v) is 10.2. The summed E-state index contributed by atoms with van der Waals surface area (Å²) in [7, 11) is 4.07. The van der Waals surface area contributed by atoms with Crippen LogP contribution in [0, 0.1) is 0 Å². The number of ether oxygens (including phenoxy) is 1. The third kappa shape index (κ3) is 5.13. The minimum absolute atomic E-state index is 0.0986. The number of hydrogen-bond acceptors (Lipinski definition) is 2. The predicted octanol–water partition coefficient (Wildman–Crippen LogP) is 5.11. The van der Waals surface area contributed by atoms with Gasteiger partial charge in [0.25, 0.3) is 0 Å². The van der Waals surface area contributed by atoms with E-state index in [1.165, 1.54) is 14.7 Å². The van der Waals surface area contributed by atoms with E-state index in [2.05, 4.69) is 104 Å². The van der Waals surface area contributed by atoms with E-state index in [1.54, 1.807) is 0 Å². The van der Waals surface area contributed by atoms with E-state index in [0.717, 1.165) is 25.3 Å². The summed E-state index contributed by atoms with van der Waals surface area (Å²) in [5.74, 6) is 0.942. The maximum absolute atomic E-state index is 5.88. The van der Waals surface area contributed by atoms with Crippen LogP contribution in [0.15, 0.2) is 99.6 Å². The topological polar surface area (TPSA) is 12.5 Å². The average Bonchev–Trinajstić information content (AvgIpc) is 2.68. The molecule has 0 amide bonds. The van der Waals surface area contributed by atoms with Crippen LogP contribution in [0.2, 0.25) is 0 Å². The highest BCUT2D eigenvalue weighted by Crippen LogP contribution is 2.31. The van der Waals surface area contributed by atoms with Crippen molar-refractivity contribution < 1.29 is 4.74 Å². The summed E-state index contributed by atoms with van der Waals surface area (Å²) in [5, 5.41) is 0. The highest BCUT2D eigenvalue weighted by atomic mass is 32.2. The molecule has 0 spiro atoms. The van der Waals surface area contributed by atoms with Gasteiger partial charge in [0.05, 0.1) is 17.5 Å². The molecule has 0 saturated heterocycles. The highest BCUT2D eigenvalue weighted by Gasteiger charge is 2.28. The van der Waals surface area contributed by atoms with Gasteiger partial charge < -0.3 is 9.64 Å². The Bertz CT molecular complexity index is 733. The summed E-state index contributed by atoms with van der Waals surface area (Å²) >= 11 is 0. The Labute approximate surface area is 159 Å². The molecule has 0 heterocycles. The minimum atomic E-state index is -0.0986. The molecule has 0 atom stereocenters. The van der Waals surface area contributed by atoms with Gasteiger partial charge in [-0.15, -0.1) is 0 Å². The monoisotopic (exact) mass is 364 g/mol. The molecule has 0 aliphatic carbocycles. The van der Waals surface area contributed by atoms with Crippen LogP contribution in [-0.2, 0) is 10.9 Å². The van der Waals surface area contributed by atoms with Crippen molar-refractivity contribution >= 4 is 10.9 Å². The molecule has 0 aliphatic heterocycles. The third-order valence-electron chi connectivity index (χ3n) is 4.04. The zero-order valence-electron chi connectivity index (χ0n) is 15.5. The van der Waals surface area contributed by atoms with Crippen molar-refractivity contribution in [3.63, 3.8) is 0 Å². The van der Waals surface area contributed by atoms with E-state index in [-0.39, 0.29) is 10.9 Å². The number of benzene rings is 3. The maximum atomic E-state index is 5.88. The largest absolute Gasteiger partial charge is 0.494 e. The lowest BCUT2D eigenvalue weighted by Crippen LogP contribution is -2.15. The molecule has 0 aromatic heterocycles. The van der Waals surface area contributed by atoms with Gasteiger partial charge in [-0.05, 0) is 69.0 Å². The molecule has 0 bridgehead atoms. The van der Waals surface area contributed by atoms with Gasteiger partial charge in [0.2, 0.25) is 0 Å². The lowest BCUT2D eigenvalue weighted by Gasteiger charge is -2.11. The molecular formula is C23H26NOS+. The Morgan fingerprint density at radius 3 is 1.69 bits per heavy atom. The fraction of sp³-hybridized carbons (Fsp3) is 0.217. The molecule has 3 heteroatoms. The molecule has 3 aromatic carbocycles. The molecule has 0 aliphatic rings. The molecule has 0 unspecified atom stereocenters. The Kier molecular flexibility index (Phi) is 6.75. The summed E-state index contributed by atoms with van der Waals surface area (Å²) < 4.78 is 5.88. The van der Waals surface area contributed by atoms with Crippen molar-refractivity contribution in [3.8, 4) is 5.75 Å². The fourth-order valence-corrected chi connectivity index (χ4v) is 4.85. The summed E-state index contributed by atoms with van der Waals surface area (Å²) in [5.41, 5.74) is 0. The summed E-state index contributed by atoms with van der Waals surface area (Å²) in [4.78, 5) is 6.15. The van der Waals surface area contributed by atoms with E-state index in [1.807, 2.05) is 0 Å². The van der Waals surface area contributed by atoms with Crippen LogP contribution in [0.3, 0.4) is 0 Å². The van der Waals surface area contributed by atoms with Crippen molar-refractivity contribution in [3.05, 3.63) is 84.9 Å². The average molecular weight is 365 g/mol. The first-order valence-electron chi connectivity index (χ1n) is 8.96. The van der Waals surface area contributed by atoms with Gasteiger partial charge in [-0.2, -0.15) is 0 Å². The van der Waals surface area contributed by atoms with Gasteiger partial charge in [0.15, 0.2) is 14.7 Å². The lowest BCUT2D eigenvalue weighted by molar-refractivity contribution is 0.281. The minimum Gasteiger partial charge on any atom is -0.494 e. The second kappa shape index (κ2) is 9.46. The van der Waals surface area contributed by atoms with Crippen LogP contribution < -0.4 is 4.74 Å². The molecule has 0 saturated carbocycles. The highest BCUT2D eigenvalue weighted by molar-refractivity contribution is 7.97. The van der Waals surface area contributed by atoms with E-state index < -0.39 is 0 Å². The second-order valence-corrected chi connectivity index (χ2v) is 8.44. The van der Waals surface area contributed by atoms with Crippen molar-refractivity contribution in [2.75, 3.05) is 27.2 Å². The molecule has 0 N–H and O–H groups in total. The van der Waals surface area contributed by atoms with Crippen molar-refractivity contribution in [2.24, 2.45) is 0 Å². The molecule has 2 nitrogen and oxygen atoms in total.